The average molecular weight is 311 g/mol. The maximum absolute atomic E-state index is 5.43. The Hall–Kier alpha value is -2.07. The first-order valence-electron chi connectivity index (χ1n) is 8.33. The van der Waals surface area contributed by atoms with E-state index in [1.165, 1.54) is 21.8 Å². The molecule has 0 amide bonds. The molecule has 0 saturated heterocycles. The zero-order chi connectivity index (χ0) is 16.4. The Balaban J connectivity index is 2.18. The van der Waals surface area contributed by atoms with E-state index in [9.17, 15) is 0 Å². The number of fused-ring (bicyclic) bond motifs is 3. The summed E-state index contributed by atoms with van der Waals surface area (Å²) < 4.78 is 7.83. The molecule has 3 rings (SSSR count). The minimum Gasteiger partial charge on any atom is -0.497 e. The highest BCUT2D eigenvalue weighted by Crippen LogP contribution is 2.32. The summed E-state index contributed by atoms with van der Waals surface area (Å²) in [5, 5.41) is 2.54. The Morgan fingerprint density at radius 3 is 2.61 bits per heavy atom. The van der Waals surface area contributed by atoms with Crippen molar-refractivity contribution in [1.82, 2.24) is 14.5 Å². The van der Waals surface area contributed by atoms with E-state index in [0.717, 1.165) is 37.6 Å². The van der Waals surface area contributed by atoms with Crippen molar-refractivity contribution in [3.05, 3.63) is 36.2 Å². The molecule has 0 aliphatic carbocycles. The highest BCUT2D eigenvalue weighted by molar-refractivity contribution is 6.09. The lowest BCUT2D eigenvalue weighted by atomic mass is 10.1. The molecule has 2 aromatic heterocycles. The second kappa shape index (κ2) is 6.59. The van der Waals surface area contributed by atoms with Crippen molar-refractivity contribution in [3.8, 4) is 5.75 Å². The fourth-order valence-corrected chi connectivity index (χ4v) is 3.34. The van der Waals surface area contributed by atoms with E-state index in [4.69, 9.17) is 4.74 Å². The fourth-order valence-electron chi connectivity index (χ4n) is 3.34. The SMILES string of the molecule is CCN(CC)CCn1c2cc(OC)ccc2c2ccnc(C)c21. The van der Waals surface area contributed by atoms with Crippen molar-refractivity contribution in [2.75, 3.05) is 26.7 Å². The number of ether oxygens (including phenoxy) is 1. The third-order valence-corrected chi connectivity index (χ3v) is 4.70. The third kappa shape index (κ3) is 2.79. The van der Waals surface area contributed by atoms with Gasteiger partial charge < -0.3 is 14.2 Å². The smallest absolute Gasteiger partial charge is 0.120 e. The highest BCUT2D eigenvalue weighted by atomic mass is 16.5. The van der Waals surface area contributed by atoms with Crippen LogP contribution in [0.2, 0.25) is 0 Å². The molecular weight excluding hydrogens is 286 g/mol. The summed E-state index contributed by atoms with van der Waals surface area (Å²) in [5.41, 5.74) is 3.54. The monoisotopic (exact) mass is 311 g/mol. The molecule has 0 saturated carbocycles. The van der Waals surface area contributed by atoms with Gasteiger partial charge in [0.15, 0.2) is 0 Å². The summed E-state index contributed by atoms with van der Waals surface area (Å²) in [7, 11) is 1.72. The number of pyridine rings is 1. The molecule has 0 aliphatic rings. The zero-order valence-electron chi connectivity index (χ0n) is 14.5. The molecule has 2 heterocycles. The first-order chi connectivity index (χ1) is 11.2. The van der Waals surface area contributed by atoms with E-state index in [0.29, 0.717) is 0 Å². The fraction of sp³-hybridized carbons (Fsp3) is 0.421. The average Bonchev–Trinajstić information content (AvgIpc) is 2.90. The predicted molar refractivity (Wildman–Crippen MR) is 96.3 cm³/mol. The normalized spacial score (nSPS) is 11.7. The molecule has 4 heteroatoms. The van der Waals surface area contributed by atoms with E-state index in [1.807, 2.05) is 12.3 Å². The molecule has 0 spiro atoms. The van der Waals surface area contributed by atoms with Crippen molar-refractivity contribution in [2.24, 2.45) is 0 Å². The lowest BCUT2D eigenvalue weighted by Gasteiger charge is -2.19. The number of aryl methyl sites for hydroxylation is 1. The van der Waals surface area contributed by atoms with Crippen molar-refractivity contribution in [3.63, 3.8) is 0 Å². The van der Waals surface area contributed by atoms with Crippen molar-refractivity contribution < 1.29 is 4.74 Å². The van der Waals surface area contributed by atoms with E-state index >= 15 is 0 Å². The van der Waals surface area contributed by atoms with Crippen LogP contribution in [0.25, 0.3) is 21.8 Å². The molecule has 0 fully saturated rings. The number of hydrogen-bond donors (Lipinski definition) is 0. The van der Waals surface area contributed by atoms with Crippen LogP contribution in [0.4, 0.5) is 0 Å². The van der Waals surface area contributed by atoms with Gasteiger partial charge in [0, 0.05) is 36.1 Å². The molecule has 0 unspecified atom stereocenters. The van der Waals surface area contributed by atoms with E-state index in [2.05, 4.69) is 53.4 Å². The Bertz CT molecular complexity index is 818. The lowest BCUT2D eigenvalue weighted by molar-refractivity contribution is 0.293. The summed E-state index contributed by atoms with van der Waals surface area (Å²) >= 11 is 0. The number of likely N-dealkylation sites (N-methyl/N-ethyl adjacent to an activating group) is 1. The molecule has 0 N–H and O–H groups in total. The summed E-state index contributed by atoms with van der Waals surface area (Å²) in [6.45, 7) is 10.7. The maximum Gasteiger partial charge on any atom is 0.120 e. The van der Waals surface area contributed by atoms with Crippen LogP contribution in [-0.2, 0) is 6.54 Å². The molecule has 0 bridgehead atoms. The first kappa shape index (κ1) is 15.8. The van der Waals surface area contributed by atoms with Gasteiger partial charge in [0.25, 0.3) is 0 Å². The number of nitrogens with zero attached hydrogens (tertiary/aromatic N) is 3. The molecule has 122 valence electrons. The molecule has 0 atom stereocenters. The van der Waals surface area contributed by atoms with Crippen LogP contribution in [0.1, 0.15) is 19.5 Å². The van der Waals surface area contributed by atoms with Crippen LogP contribution in [0.3, 0.4) is 0 Å². The molecule has 1 aromatic carbocycles. The molecule has 0 radical (unpaired) electrons. The van der Waals surface area contributed by atoms with Gasteiger partial charge in [-0.2, -0.15) is 0 Å². The van der Waals surface area contributed by atoms with Crippen molar-refractivity contribution in [2.45, 2.75) is 27.3 Å². The third-order valence-electron chi connectivity index (χ3n) is 4.70. The molecular formula is C19H25N3O. The van der Waals surface area contributed by atoms with Gasteiger partial charge in [0.1, 0.15) is 5.75 Å². The second-order valence-electron chi connectivity index (χ2n) is 5.85. The standard InChI is InChI=1S/C19H25N3O/c1-5-21(6-2)11-12-22-18-13-15(23-4)7-8-16(18)17-9-10-20-14(3)19(17)22/h7-10,13H,5-6,11-12H2,1-4H3. The maximum atomic E-state index is 5.43. The van der Waals surface area contributed by atoms with Gasteiger partial charge in [0.2, 0.25) is 0 Å². The number of rotatable bonds is 6. The van der Waals surface area contributed by atoms with Gasteiger partial charge in [-0.05, 0) is 38.2 Å². The minimum atomic E-state index is 0.898. The Morgan fingerprint density at radius 1 is 1.13 bits per heavy atom. The van der Waals surface area contributed by atoms with Crippen LogP contribution in [0.5, 0.6) is 5.75 Å². The quantitative estimate of drug-likeness (QED) is 0.693. The number of aromatic nitrogens is 2. The van der Waals surface area contributed by atoms with Gasteiger partial charge in [0.05, 0.1) is 23.8 Å². The summed E-state index contributed by atoms with van der Waals surface area (Å²) in [5.74, 6) is 0.898. The second-order valence-corrected chi connectivity index (χ2v) is 5.85. The van der Waals surface area contributed by atoms with Crippen LogP contribution < -0.4 is 4.74 Å². The molecule has 3 aromatic rings. The van der Waals surface area contributed by atoms with Crippen LogP contribution in [-0.4, -0.2) is 41.2 Å². The van der Waals surface area contributed by atoms with Gasteiger partial charge in [-0.25, -0.2) is 0 Å². The zero-order valence-corrected chi connectivity index (χ0v) is 14.5. The first-order valence-corrected chi connectivity index (χ1v) is 8.33. The predicted octanol–water partition coefficient (Wildman–Crippen LogP) is 3.85. The minimum absolute atomic E-state index is 0.898. The summed E-state index contributed by atoms with van der Waals surface area (Å²) in [4.78, 5) is 6.96. The Kier molecular flexibility index (Phi) is 4.53. The van der Waals surface area contributed by atoms with Crippen LogP contribution in [0, 0.1) is 6.92 Å². The van der Waals surface area contributed by atoms with Crippen molar-refractivity contribution >= 4 is 21.8 Å². The van der Waals surface area contributed by atoms with Gasteiger partial charge in [-0.3, -0.25) is 4.98 Å². The molecule has 23 heavy (non-hydrogen) atoms. The topological polar surface area (TPSA) is 30.3 Å². The van der Waals surface area contributed by atoms with Gasteiger partial charge >= 0.3 is 0 Å². The van der Waals surface area contributed by atoms with Crippen LogP contribution in [0.15, 0.2) is 30.5 Å². The number of benzene rings is 1. The Morgan fingerprint density at radius 2 is 1.91 bits per heavy atom. The highest BCUT2D eigenvalue weighted by Gasteiger charge is 2.14. The van der Waals surface area contributed by atoms with Gasteiger partial charge in [-0.15, -0.1) is 0 Å². The van der Waals surface area contributed by atoms with Crippen molar-refractivity contribution in [1.29, 1.82) is 0 Å². The molecule has 4 nitrogen and oxygen atoms in total. The van der Waals surface area contributed by atoms with E-state index < -0.39 is 0 Å². The lowest BCUT2D eigenvalue weighted by Crippen LogP contribution is -2.27. The number of hydrogen-bond acceptors (Lipinski definition) is 3. The largest absolute Gasteiger partial charge is 0.497 e. The summed E-state index contributed by atoms with van der Waals surface area (Å²) in [6, 6.07) is 8.44. The Labute approximate surface area is 137 Å². The number of methoxy groups -OCH3 is 1. The van der Waals surface area contributed by atoms with E-state index in [1.54, 1.807) is 7.11 Å². The van der Waals surface area contributed by atoms with Gasteiger partial charge in [-0.1, -0.05) is 13.8 Å². The van der Waals surface area contributed by atoms with E-state index in [-0.39, 0.29) is 0 Å². The molecule has 0 aliphatic heterocycles. The summed E-state index contributed by atoms with van der Waals surface area (Å²) in [6.07, 6.45) is 1.90. The van der Waals surface area contributed by atoms with Crippen LogP contribution >= 0.6 is 0 Å².